The number of hydrogen-bond acceptors (Lipinski definition) is 3. The van der Waals surface area contributed by atoms with Gasteiger partial charge in [-0.05, 0) is 49.9 Å². The minimum atomic E-state index is -0.406. The monoisotopic (exact) mass is 331 g/mol. The Bertz CT molecular complexity index is 498. The molecule has 0 spiro atoms. The highest BCUT2D eigenvalue weighted by molar-refractivity contribution is 5.89. The van der Waals surface area contributed by atoms with Crippen molar-refractivity contribution in [2.45, 2.75) is 84.5 Å². The lowest BCUT2D eigenvalue weighted by Gasteiger charge is -2.16. The van der Waals surface area contributed by atoms with Crippen LogP contribution in [-0.4, -0.2) is 5.97 Å². The van der Waals surface area contributed by atoms with E-state index in [1.54, 1.807) is 6.07 Å². The summed E-state index contributed by atoms with van der Waals surface area (Å²) in [4.78, 5) is 22.7. The molecule has 3 heteroatoms. The van der Waals surface area contributed by atoms with Gasteiger partial charge in [0.25, 0.3) is 0 Å². The minimum Gasteiger partial charge on any atom is -0.292 e. The Hall–Kier alpha value is -1.35. The van der Waals surface area contributed by atoms with Gasteiger partial charge in [-0.25, -0.2) is 4.79 Å². The maximum Gasteiger partial charge on any atom is 0.373 e. The summed E-state index contributed by atoms with van der Waals surface area (Å²) < 4.78 is 0. The van der Waals surface area contributed by atoms with E-state index in [0.717, 1.165) is 37.4 Å². The zero-order valence-electron chi connectivity index (χ0n) is 15.2. The summed E-state index contributed by atoms with van der Waals surface area (Å²) in [6.07, 6.45) is 14.1. The van der Waals surface area contributed by atoms with Crippen molar-refractivity contribution < 1.29 is 14.6 Å². The fraction of sp³-hybridized carbons (Fsp3) is 0.619. The second-order valence-corrected chi connectivity index (χ2v) is 6.97. The van der Waals surface area contributed by atoms with Gasteiger partial charge in [-0.3, -0.25) is 4.89 Å². The van der Waals surface area contributed by atoms with Crippen molar-refractivity contribution in [3.63, 3.8) is 0 Å². The fourth-order valence-corrected chi connectivity index (χ4v) is 3.10. The lowest BCUT2D eigenvalue weighted by atomic mass is 9.99. The van der Waals surface area contributed by atoms with Crippen LogP contribution in [0.25, 0.3) is 0 Å². The average molecular weight is 331 g/mol. The largest absolute Gasteiger partial charge is 0.373 e. The second kappa shape index (κ2) is 10.5. The summed E-state index contributed by atoms with van der Waals surface area (Å²) in [5.41, 5.74) is 2.80. The van der Waals surface area contributed by atoms with E-state index in [1.165, 1.54) is 50.5 Å². The van der Waals surface area contributed by atoms with Crippen LogP contribution >= 0.6 is 0 Å². The van der Waals surface area contributed by atoms with Crippen LogP contribution in [0.4, 0.5) is 0 Å². The van der Waals surface area contributed by atoms with Gasteiger partial charge in [0, 0.05) is 0 Å². The number of carbonyl (C=O) groups excluding carboxylic acids is 1. The van der Waals surface area contributed by atoms with E-state index in [2.05, 4.69) is 0 Å². The van der Waals surface area contributed by atoms with Crippen molar-refractivity contribution in [2.75, 3.05) is 0 Å². The molecule has 1 saturated carbocycles. The van der Waals surface area contributed by atoms with E-state index in [1.807, 2.05) is 26.0 Å². The topological polar surface area (TPSA) is 35.5 Å². The zero-order valence-corrected chi connectivity index (χ0v) is 15.2. The quantitative estimate of drug-likeness (QED) is 0.486. The summed E-state index contributed by atoms with van der Waals surface area (Å²) in [6.45, 7) is 4.02. The highest BCUT2D eigenvalue weighted by atomic mass is 17.2. The van der Waals surface area contributed by atoms with E-state index < -0.39 is 5.97 Å². The molecule has 0 aliphatic heterocycles. The molecule has 3 nitrogen and oxygen atoms in total. The van der Waals surface area contributed by atoms with E-state index in [0.29, 0.717) is 5.56 Å². The Morgan fingerprint density at radius 2 is 1.33 bits per heavy atom. The Kier molecular flexibility index (Phi) is 8.31. The zero-order chi connectivity index (χ0) is 17.2. The molecular formula is C21H31O3. The summed E-state index contributed by atoms with van der Waals surface area (Å²) in [6, 6.07) is 5.58. The van der Waals surface area contributed by atoms with E-state index >= 15 is 0 Å². The van der Waals surface area contributed by atoms with Crippen molar-refractivity contribution >= 4 is 5.97 Å². The Morgan fingerprint density at radius 1 is 0.792 bits per heavy atom. The Balaban J connectivity index is 1.82. The van der Waals surface area contributed by atoms with Crippen molar-refractivity contribution in [3.8, 4) is 0 Å². The average Bonchev–Trinajstić information content (AvgIpc) is 2.56. The molecule has 0 N–H and O–H groups in total. The van der Waals surface area contributed by atoms with Crippen molar-refractivity contribution in [1.82, 2.24) is 0 Å². The third kappa shape index (κ3) is 6.64. The molecule has 1 aromatic carbocycles. The number of aryl methyl sites for hydroxylation is 2. The normalized spacial score (nSPS) is 18.4. The lowest BCUT2D eigenvalue weighted by Crippen LogP contribution is -2.11. The van der Waals surface area contributed by atoms with Gasteiger partial charge >= 0.3 is 5.97 Å². The number of carbonyl (C=O) groups is 1. The minimum absolute atomic E-state index is 0.406. The van der Waals surface area contributed by atoms with Gasteiger partial charge in [-0.2, -0.15) is 4.89 Å². The van der Waals surface area contributed by atoms with E-state index in [4.69, 9.17) is 9.78 Å². The molecule has 0 heterocycles. The molecule has 0 saturated heterocycles. The third-order valence-electron chi connectivity index (χ3n) is 4.89. The number of rotatable bonds is 3. The Morgan fingerprint density at radius 3 is 1.88 bits per heavy atom. The van der Waals surface area contributed by atoms with Gasteiger partial charge in [0.05, 0.1) is 5.56 Å². The molecule has 0 unspecified atom stereocenters. The first-order chi connectivity index (χ1) is 11.7. The van der Waals surface area contributed by atoms with Gasteiger partial charge in [0.15, 0.2) is 0 Å². The molecule has 1 aliphatic rings. The molecule has 1 fully saturated rings. The standard InChI is InChI=1S/C21H31O3/c1-17-14-15-19(16-18(17)2)21(22)24-23-20-12-10-8-6-4-3-5-7-9-11-13-20/h14-16H,3-13H2,1-2H3. The predicted molar refractivity (Wildman–Crippen MR) is 96.4 cm³/mol. The summed E-state index contributed by atoms with van der Waals surface area (Å²) in [5.74, 6) is -0.406. The van der Waals surface area contributed by atoms with Gasteiger partial charge in [0.2, 0.25) is 0 Å². The maximum atomic E-state index is 12.2. The molecule has 1 aliphatic carbocycles. The van der Waals surface area contributed by atoms with Crippen LogP contribution in [0.3, 0.4) is 0 Å². The highest BCUT2D eigenvalue weighted by Gasteiger charge is 2.16. The van der Waals surface area contributed by atoms with Crippen LogP contribution in [-0.2, 0) is 9.78 Å². The maximum absolute atomic E-state index is 12.2. The van der Waals surface area contributed by atoms with Crippen LogP contribution < -0.4 is 0 Å². The van der Waals surface area contributed by atoms with Gasteiger partial charge in [-0.15, -0.1) is 0 Å². The lowest BCUT2D eigenvalue weighted by molar-refractivity contribution is -0.237. The number of hydrogen-bond donors (Lipinski definition) is 0. The first kappa shape index (κ1) is 19.0. The molecular weight excluding hydrogens is 300 g/mol. The SMILES string of the molecule is Cc1ccc(C(=O)OO[C]2CCCCCCCCCCC2)cc1C. The van der Waals surface area contributed by atoms with Gasteiger partial charge in [-0.1, -0.05) is 63.9 Å². The molecule has 24 heavy (non-hydrogen) atoms. The Labute approximate surface area is 146 Å². The van der Waals surface area contributed by atoms with Crippen LogP contribution in [0, 0.1) is 20.0 Å². The summed E-state index contributed by atoms with van der Waals surface area (Å²) >= 11 is 0. The van der Waals surface area contributed by atoms with Crippen LogP contribution in [0.5, 0.6) is 0 Å². The first-order valence-corrected chi connectivity index (χ1v) is 9.47. The van der Waals surface area contributed by atoms with Crippen molar-refractivity contribution in [3.05, 3.63) is 41.0 Å². The third-order valence-corrected chi connectivity index (χ3v) is 4.89. The molecule has 133 valence electrons. The van der Waals surface area contributed by atoms with E-state index in [-0.39, 0.29) is 0 Å². The van der Waals surface area contributed by atoms with Crippen LogP contribution in [0.2, 0.25) is 0 Å². The molecule has 0 atom stereocenters. The molecule has 2 rings (SSSR count). The van der Waals surface area contributed by atoms with Crippen LogP contribution in [0.15, 0.2) is 18.2 Å². The fourth-order valence-electron chi connectivity index (χ4n) is 3.10. The van der Waals surface area contributed by atoms with Gasteiger partial charge in [0.1, 0.15) is 6.10 Å². The molecule has 1 aromatic rings. The molecule has 0 aromatic heterocycles. The first-order valence-electron chi connectivity index (χ1n) is 9.47. The second-order valence-electron chi connectivity index (χ2n) is 6.97. The van der Waals surface area contributed by atoms with Crippen molar-refractivity contribution in [1.29, 1.82) is 0 Å². The number of benzene rings is 1. The van der Waals surface area contributed by atoms with E-state index in [9.17, 15) is 4.79 Å². The summed E-state index contributed by atoms with van der Waals surface area (Å²) in [5, 5.41) is 0. The molecule has 0 amide bonds. The van der Waals surface area contributed by atoms with Crippen molar-refractivity contribution in [2.24, 2.45) is 0 Å². The smallest absolute Gasteiger partial charge is 0.292 e. The van der Waals surface area contributed by atoms with Crippen LogP contribution in [0.1, 0.15) is 92.1 Å². The molecule has 1 radical (unpaired) electrons. The summed E-state index contributed by atoms with van der Waals surface area (Å²) in [7, 11) is 0. The highest BCUT2D eigenvalue weighted by Crippen LogP contribution is 2.24. The predicted octanol–water partition coefficient (Wildman–Crippen LogP) is 6.23. The molecule has 0 bridgehead atoms. The van der Waals surface area contributed by atoms with Gasteiger partial charge < -0.3 is 0 Å².